The Bertz CT molecular complexity index is 757. The number of benzene rings is 1. The lowest BCUT2D eigenvalue weighted by molar-refractivity contribution is -0.139. The van der Waals surface area contributed by atoms with E-state index in [9.17, 15) is 14.9 Å². The standard InChI is InChI=1S/C16H11NO4S/c17-8-13(16(20)12-5-6-22-10-12)7-11-3-1-2-4-14(11)21-9-15(18)19/h1-7,10H,9H2,(H,18,19)/b13-7+. The summed E-state index contributed by atoms with van der Waals surface area (Å²) in [6.45, 7) is -0.495. The van der Waals surface area contributed by atoms with Crippen LogP contribution in [0.15, 0.2) is 46.7 Å². The van der Waals surface area contributed by atoms with Crippen molar-refractivity contribution in [3.8, 4) is 11.8 Å². The van der Waals surface area contributed by atoms with Crippen LogP contribution in [0.3, 0.4) is 0 Å². The maximum atomic E-state index is 12.2. The third-order valence-electron chi connectivity index (χ3n) is 2.72. The Morgan fingerprint density at radius 1 is 1.32 bits per heavy atom. The first-order chi connectivity index (χ1) is 10.6. The van der Waals surface area contributed by atoms with Crippen molar-refractivity contribution in [3.05, 3.63) is 57.8 Å². The number of hydrogen-bond donors (Lipinski definition) is 1. The molecule has 0 aliphatic heterocycles. The van der Waals surface area contributed by atoms with E-state index in [4.69, 9.17) is 9.84 Å². The number of allylic oxidation sites excluding steroid dienone is 1. The van der Waals surface area contributed by atoms with Crippen LogP contribution in [-0.2, 0) is 4.79 Å². The molecule has 2 rings (SSSR count). The van der Waals surface area contributed by atoms with E-state index in [0.717, 1.165) is 0 Å². The highest BCUT2D eigenvalue weighted by Crippen LogP contribution is 2.22. The lowest BCUT2D eigenvalue weighted by Gasteiger charge is -2.07. The molecule has 6 heteroatoms. The Balaban J connectivity index is 2.32. The van der Waals surface area contributed by atoms with Gasteiger partial charge in [-0.2, -0.15) is 16.6 Å². The molecule has 0 atom stereocenters. The Morgan fingerprint density at radius 3 is 2.73 bits per heavy atom. The molecule has 1 N–H and O–H groups in total. The number of rotatable bonds is 6. The number of para-hydroxylation sites is 1. The normalized spacial score (nSPS) is 10.8. The quantitative estimate of drug-likeness (QED) is 0.503. The fourth-order valence-electron chi connectivity index (χ4n) is 1.72. The third kappa shape index (κ3) is 3.81. The number of aliphatic carboxylic acids is 1. The molecule has 1 aromatic carbocycles. The average Bonchev–Trinajstić information content (AvgIpc) is 3.05. The summed E-state index contributed by atoms with van der Waals surface area (Å²) < 4.78 is 5.15. The Morgan fingerprint density at radius 2 is 2.09 bits per heavy atom. The van der Waals surface area contributed by atoms with Gasteiger partial charge in [0.05, 0.1) is 0 Å². The van der Waals surface area contributed by atoms with E-state index in [1.807, 2.05) is 6.07 Å². The second kappa shape index (κ2) is 7.20. The van der Waals surface area contributed by atoms with E-state index in [-0.39, 0.29) is 11.4 Å². The first kappa shape index (κ1) is 15.5. The van der Waals surface area contributed by atoms with Crippen molar-refractivity contribution >= 4 is 29.2 Å². The molecule has 0 saturated carbocycles. The Hall–Kier alpha value is -2.91. The molecule has 1 heterocycles. The van der Waals surface area contributed by atoms with Crippen molar-refractivity contribution in [1.29, 1.82) is 5.26 Å². The number of carboxylic acids is 1. The zero-order valence-electron chi connectivity index (χ0n) is 11.4. The van der Waals surface area contributed by atoms with Gasteiger partial charge in [0.25, 0.3) is 0 Å². The summed E-state index contributed by atoms with van der Waals surface area (Å²) in [5.41, 5.74) is 0.885. The molecule has 0 spiro atoms. The number of hydrogen-bond acceptors (Lipinski definition) is 5. The van der Waals surface area contributed by atoms with Gasteiger partial charge in [0.1, 0.15) is 17.4 Å². The van der Waals surface area contributed by atoms with Crippen molar-refractivity contribution in [2.75, 3.05) is 6.61 Å². The highest BCUT2D eigenvalue weighted by molar-refractivity contribution is 7.08. The summed E-state index contributed by atoms with van der Waals surface area (Å²) in [4.78, 5) is 22.8. The smallest absolute Gasteiger partial charge is 0.341 e. The van der Waals surface area contributed by atoms with Gasteiger partial charge in [-0.05, 0) is 23.6 Å². The molecule has 0 saturated heterocycles. The van der Waals surface area contributed by atoms with Gasteiger partial charge < -0.3 is 9.84 Å². The Labute approximate surface area is 130 Å². The van der Waals surface area contributed by atoms with Crippen molar-refractivity contribution in [3.63, 3.8) is 0 Å². The SMILES string of the molecule is N#C/C(=C\c1ccccc1OCC(=O)O)C(=O)c1ccsc1. The molecule has 0 fully saturated rings. The first-order valence-electron chi connectivity index (χ1n) is 6.24. The molecule has 110 valence electrons. The minimum absolute atomic E-state index is 0.0372. The van der Waals surface area contributed by atoms with Gasteiger partial charge in [-0.1, -0.05) is 18.2 Å². The van der Waals surface area contributed by atoms with Gasteiger partial charge in [0, 0.05) is 16.5 Å². The predicted octanol–water partition coefficient (Wildman–Crippen LogP) is 3.00. The maximum Gasteiger partial charge on any atom is 0.341 e. The number of carboxylic acid groups (broad SMARTS) is 1. The molecule has 0 radical (unpaired) electrons. The summed E-state index contributed by atoms with van der Waals surface area (Å²) in [5, 5.41) is 21.3. The van der Waals surface area contributed by atoms with Crippen molar-refractivity contribution < 1.29 is 19.4 Å². The number of ketones is 1. The van der Waals surface area contributed by atoms with Crippen LogP contribution < -0.4 is 4.74 Å². The van der Waals surface area contributed by atoms with Crippen LogP contribution in [-0.4, -0.2) is 23.5 Å². The molecule has 0 aliphatic rings. The predicted molar refractivity (Wildman–Crippen MR) is 81.8 cm³/mol. The van der Waals surface area contributed by atoms with Crippen LogP contribution >= 0.6 is 11.3 Å². The maximum absolute atomic E-state index is 12.2. The van der Waals surface area contributed by atoms with E-state index in [2.05, 4.69) is 0 Å². The second-order valence-electron chi connectivity index (χ2n) is 4.23. The summed E-state index contributed by atoms with van der Waals surface area (Å²) in [6.07, 6.45) is 1.40. The minimum Gasteiger partial charge on any atom is -0.481 e. The van der Waals surface area contributed by atoms with Crippen LogP contribution in [0.4, 0.5) is 0 Å². The van der Waals surface area contributed by atoms with Gasteiger partial charge in [0.15, 0.2) is 6.61 Å². The van der Waals surface area contributed by atoms with Crippen LogP contribution in [0.1, 0.15) is 15.9 Å². The molecule has 1 aromatic heterocycles. The molecule has 2 aromatic rings. The molecular weight excluding hydrogens is 302 g/mol. The third-order valence-corrected chi connectivity index (χ3v) is 3.40. The molecule has 0 bridgehead atoms. The first-order valence-corrected chi connectivity index (χ1v) is 7.18. The van der Waals surface area contributed by atoms with Gasteiger partial charge in [-0.3, -0.25) is 4.79 Å². The van der Waals surface area contributed by atoms with Crippen LogP contribution in [0.25, 0.3) is 6.08 Å². The zero-order valence-corrected chi connectivity index (χ0v) is 12.2. The molecular formula is C16H11NO4S. The number of carbonyl (C=O) groups is 2. The van der Waals surface area contributed by atoms with Crippen molar-refractivity contribution in [2.24, 2.45) is 0 Å². The number of nitriles is 1. The van der Waals surface area contributed by atoms with E-state index in [0.29, 0.717) is 16.9 Å². The average molecular weight is 313 g/mol. The van der Waals surface area contributed by atoms with Crippen LogP contribution in [0, 0.1) is 11.3 Å². The van der Waals surface area contributed by atoms with E-state index in [1.54, 1.807) is 41.1 Å². The van der Waals surface area contributed by atoms with Crippen LogP contribution in [0.2, 0.25) is 0 Å². The lowest BCUT2D eigenvalue weighted by atomic mass is 10.0. The summed E-state index contributed by atoms with van der Waals surface area (Å²) in [7, 11) is 0. The van der Waals surface area contributed by atoms with Gasteiger partial charge in [-0.25, -0.2) is 4.79 Å². The van der Waals surface area contributed by atoms with Gasteiger partial charge in [-0.15, -0.1) is 0 Å². The van der Waals surface area contributed by atoms with E-state index >= 15 is 0 Å². The number of nitrogens with zero attached hydrogens (tertiary/aromatic N) is 1. The highest BCUT2D eigenvalue weighted by atomic mass is 32.1. The fourth-order valence-corrected chi connectivity index (χ4v) is 2.36. The largest absolute Gasteiger partial charge is 0.481 e. The fraction of sp³-hybridized carbons (Fsp3) is 0.0625. The van der Waals surface area contributed by atoms with Crippen molar-refractivity contribution in [1.82, 2.24) is 0 Å². The Kier molecular flexibility index (Phi) is 5.07. The molecule has 5 nitrogen and oxygen atoms in total. The number of thiophene rings is 1. The number of ether oxygens (including phenoxy) is 1. The summed E-state index contributed by atoms with van der Waals surface area (Å²) in [5.74, 6) is -1.18. The molecule has 0 aliphatic carbocycles. The molecule has 0 amide bonds. The highest BCUT2D eigenvalue weighted by Gasteiger charge is 2.13. The lowest BCUT2D eigenvalue weighted by Crippen LogP contribution is -2.10. The minimum atomic E-state index is -1.10. The van der Waals surface area contributed by atoms with E-state index < -0.39 is 12.6 Å². The van der Waals surface area contributed by atoms with Crippen molar-refractivity contribution in [2.45, 2.75) is 0 Å². The molecule has 0 unspecified atom stereocenters. The van der Waals surface area contributed by atoms with Crippen LogP contribution in [0.5, 0.6) is 5.75 Å². The van der Waals surface area contributed by atoms with Gasteiger partial charge in [0.2, 0.25) is 5.78 Å². The zero-order chi connectivity index (χ0) is 15.9. The number of carbonyl (C=O) groups excluding carboxylic acids is 1. The number of Topliss-reactive ketones (excluding diaryl/α,β-unsaturated/α-hetero) is 1. The van der Waals surface area contributed by atoms with E-state index in [1.165, 1.54) is 17.4 Å². The monoisotopic (exact) mass is 313 g/mol. The topological polar surface area (TPSA) is 87.4 Å². The second-order valence-corrected chi connectivity index (χ2v) is 5.01. The summed E-state index contributed by atoms with van der Waals surface area (Å²) >= 11 is 1.37. The summed E-state index contributed by atoms with van der Waals surface area (Å²) in [6, 6.07) is 10.1. The van der Waals surface area contributed by atoms with Gasteiger partial charge >= 0.3 is 5.97 Å². The molecule has 22 heavy (non-hydrogen) atoms.